The monoisotopic (exact) mass is 466 g/mol. The first-order valence-corrected chi connectivity index (χ1v) is 10.5. The number of rotatable bonds is 4. The zero-order chi connectivity index (χ0) is 23.5. The van der Waals surface area contributed by atoms with Gasteiger partial charge in [-0.2, -0.15) is 5.10 Å². The van der Waals surface area contributed by atoms with Crippen LogP contribution in [-0.4, -0.2) is 21.6 Å². The van der Waals surface area contributed by atoms with Crippen LogP contribution in [0.25, 0.3) is 16.1 Å². The number of aryl methyl sites for hydroxylation is 1. The van der Waals surface area contributed by atoms with Crippen molar-refractivity contribution in [1.29, 1.82) is 0 Å². The van der Waals surface area contributed by atoms with Crippen LogP contribution in [0.15, 0.2) is 71.5 Å². The first kappa shape index (κ1) is 22.0. The molecule has 0 bridgehead atoms. The van der Waals surface area contributed by atoms with E-state index >= 15 is 0 Å². The lowest BCUT2D eigenvalue weighted by atomic mass is 10.2. The second kappa shape index (κ2) is 9.13. The van der Waals surface area contributed by atoms with Gasteiger partial charge in [0.25, 0.3) is 11.8 Å². The molecule has 2 aromatic heterocycles. The van der Waals surface area contributed by atoms with E-state index < -0.39 is 28.8 Å². The molecule has 33 heavy (non-hydrogen) atoms. The molecule has 0 saturated heterocycles. The van der Waals surface area contributed by atoms with Gasteiger partial charge < -0.3 is 0 Å². The molecular formula is C23H16F2N4O3S. The molecule has 0 radical (unpaired) electrons. The van der Waals surface area contributed by atoms with Crippen LogP contribution in [0.1, 0.15) is 25.9 Å². The highest BCUT2D eigenvalue weighted by atomic mass is 32.1. The highest BCUT2D eigenvalue weighted by molar-refractivity contribution is 7.17. The molecule has 0 fully saturated rings. The van der Waals surface area contributed by atoms with Crippen molar-refractivity contribution >= 4 is 23.2 Å². The predicted octanol–water partition coefficient (Wildman–Crippen LogP) is 3.62. The second-order valence-electron chi connectivity index (χ2n) is 6.94. The molecule has 0 aliphatic heterocycles. The Bertz CT molecular complexity index is 1410. The molecule has 0 saturated carbocycles. The van der Waals surface area contributed by atoms with Gasteiger partial charge in [0.05, 0.1) is 4.88 Å². The Morgan fingerprint density at radius 3 is 2.36 bits per heavy atom. The molecular weight excluding hydrogens is 450 g/mol. The number of hydrogen-bond acceptors (Lipinski definition) is 5. The number of amides is 2. The summed E-state index contributed by atoms with van der Waals surface area (Å²) in [5, 5.41) is 3.98. The summed E-state index contributed by atoms with van der Waals surface area (Å²) in [4.78, 5) is 38.2. The van der Waals surface area contributed by atoms with Crippen molar-refractivity contribution in [2.24, 2.45) is 0 Å². The average molecular weight is 466 g/mol. The molecule has 0 aliphatic rings. The van der Waals surface area contributed by atoms with Gasteiger partial charge in [-0.25, -0.2) is 13.5 Å². The third kappa shape index (κ3) is 4.70. The molecule has 10 heteroatoms. The summed E-state index contributed by atoms with van der Waals surface area (Å²) < 4.78 is 28.4. The molecule has 4 rings (SSSR count). The third-order valence-electron chi connectivity index (χ3n) is 4.65. The van der Waals surface area contributed by atoms with Crippen LogP contribution in [0.3, 0.4) is 0 Å². The summed E-state index contributed by atoms with van der Waals surface area (Å²) in [7, 11) is 0. The van der Waals surface area contributed by atoms with Crippen molar-refractivity contribution in [3.63, 3.8) is 0 Å². The van der Waals surface area contributed by atoms with Gasteiger partial charge in [0, 0.05) is 16.6 Å². The number of benzene rings is 2. The Morgan fingerprint density at radius 1 is 0.939 bits per heavy atom. The van der Waals surface area contributed by atoms with Gasteiger partial charge in [-0.1, -0.05) is 24.3 Å². The van der Waals surface area contributed by atoms with Gasteiger partial charge in [-0.3, -0.25) is 25.2 Å². The minimum atomic E-state index is -0.950. The molecule has 0 unspecified atom stereocenters. The lowest BCUT2D eigenvalue weighted by Gasteiger charge is -2.12. The first-order chi connectivity index (χ1) is 15.8. The summed E-state index contributed by atoms with van der Waals surface area (Å²) in [6, 6.07) is 16.0. The van der Waals surface area contributed by atoms with Crippen molar-refractivity contribution < 1.29 is 18.4 Å². The van der Waals surface area contributed by atoms with Crippen molar-refractivity contribution in [3.05, 3.63) is 105 Å². The maximum Gasteiger partial charge on any atom is 0.294 e. The van der Waals surface area contributed by atoms with E-state index in [2.05, 4.69) is 16.0 Å². The lowest BCUT2D eigenvalue weighted by molar-refractivity contribution is 0.0844. The SMILES string of the molecule is Cc1cc(=O)c(C(=O)NNC(=O)c2ccc(-c3ccc(F)cc3)s2)nn1-c1ccccc1F. The number of thiophene rings is 1. The van der Waals surface area contributed by atoms with Gasteiger partial charge in [0.1, 0.15) is 17.3 Å². The molecule has 0 aliphatic carbocycles. The zero-order valence-electron chi connectivity index (χ0n) is 17.1. The van der Waals surface area contributed by atoms with E-state index in [4.69, 9.17) is 0 Å². The van der Waals surface area contributed by atoms with E-state index in [1.165, 1.54) is 30.3 Å². The lowest BCUT2D eigenvalue weighted by Crippen LogP contribution is -2.43. The number of nitrogens with zero attached hydrogens (tertiary/aromatic N) is 2. The van der Waals surface area contributed by atoms with Gasteiger partial charge in [0.15, 0.2) is 5.69 Å². The second-order valence-corrected chi connectivity index (χ2v) is 8.02. The van der Waals surface area contributed by atoms with Crippen molar-refractivity contribution in [3.8, 4) is 16.1 Å². The number of para-hydroxylation sites is 1. The molecule has 0 atom stereocenters. The standard InChI is InChI=1S/C23H16F2N4O3S/c1-13-12-18(30)21(28-29(13)17-5-3-2-4-16(17)25)23(32)27-26-22(31)20-11-10-19(33-20)14-6-8-15(24)9-7-14/h2-12H,1H3,(H,26,31)(H,27,32). The fourth-order valence-electron chi connectivity index (χ4n) is 3.04. The number of carbonyl (C=O) groups is 2. The van der Waals surface area contributed by atoms with Crippen LogP contribution in [-0.2, 0) is 0 Å². The summed E-state index contributed by atoms with van der Waals surface area (Å²) in [5.74, 6) is -2.50. The van der Waals surface area contributed by atoms with Gasteiger partial charge in [-0.15, -0.1) is 11.3 Å². The van der Waals surface area contributed by atoms with Crippen LogP contribution in [0, 0.1) is 18.6 Å². The summed E-state index contributed by atoms with van der Waals surface area (Å²) >= 11 is 1.14. The maximum absolute atomic E-state index is 14.2. The van der Waals surface area contributed by atoms with Crippen LogP contribution in [0.5, 0.6) is 0 Å². The third-order valence-corrected chi connectivity index (χ3v) is 5.78. The summed E-state index contributed by atoms with van der Waals surface area (Å²) in [6.07, 6.45) is 0. The van der Waals surface area contributed by atoms with Crippen LogP contribution in [0.2, 0.25) is 0 Å². The highest BCUT2D eigenvalue weighted by Gasteiger charge is 2.18. The molecule has 2 heterocycles. The van der Waals surface area contributed by atoms with Crippen LogP contribution in [0.4, 0.5) is 8.78 Å². The average Bonchev–Trinajstić information content (AvgIpc) is 3.29. The van der Waals surface area contributed by atoms with Crippen LogP contribution < -0.4 is 16.3 Å². The Morgan fingerprint density at radius 2 is 1.64 bits per heavy atom. The smallest absolute Gasteiger partial charge is 0.287 e. The summed E-state index contributed by atoms with van der Waals surface area (Å²) in [6.45, 7) is 1.56. The molecule has 2 N–H and O–H groups in total. The largest absolute Gasteiger partial charge is 0.294 e. The van der Waals surface area contributed by atoms with Gasteiger partial charge in [-0.05, 0) is 48.9 Å². The molecule has 2 aromatic carbocycles. The van der Waals surface area contributed by atoms with Crippen molar-refractivity contribution in [1.82, 2.24) is 20.6 Å². The topological polar surface area (TPSA) is 93.1 Å². The highest BCUT2D eigenvalue weighted by Crippen LogP contribution is 2.28. The number of hydrogen-bond donors (Lipinski definition) is 2. The Balaban J connectivity index is 1.50. The van der Waals surface area contributed by atoms with E-state index in [0.717, 1.165) is 32.5 Å². The van der Waals surface area contributed by atoms with E-state index in [-0.39, 0.29) is 16.4 Å². The molecule has 2 amide bonds. The van der Waals surface area contributed by atoms with Gasteiger partial charge in [0.2, 0.25) is 5.43 Å². The minimum absolute atomic E-state index is 0.0694. The maximum atomic E-state index is 14.2. The fourth-order valence-corrected chi connectivity index (χ4v) is 3.94. The minimum Gasteiger partial charge on any atom is -0.287 e. The van der Waals surface area contributed by atoms with Crippen molar-refractivity contribution in [2.45, 2.75) is 6.92 Å². The predicted molar refractivity (Wildman–Crippen MR) is 119 cm³/mol. The fraction of sp³-hybridized carbons (Fsp3) is 0.0435. The number of hydrazine groups is 1. The molecule has 7 nitrogen and oxygen atoms in total. The Kier molecular flexibility index (Phi) is 6.09. The number of aromatic nitrogens is 2. The van der Waals surface area contributed by atoms with Crippen molar-refractivity contribution in [2.75, 3.05) is 0 Å². The zero-order valence-corrected chi connectivity index (χ0v) is 18.0. The quantitative estimate of drug-likeness (QED) is 0.450. The number of halogens is 2. The van der Waals surface area contributed by atoms with Gasteiger partial charge >= 0.3 is 0 Å². The summed E-state index contributed by atoms with van der Waals surface area (Å²) in [5.41, 5.74) is 4.34. The normalized spacial score (nSPS) is 10.6. The molecule has 166 valence electrons. The van der Waals surface area contributed by atoms with E-state index in [1.54, 1.807) is 37.3 Å². The van der Waals surface area contributed by atoms with E-state index in [9.17, 15) is 23.2 Å². The van der Waals surface area contributed by atoms with E-state index in [0.29, 0.717) is 5.69 Å². The first-order valence-electron chi connectivity index (χ1n) is 9.66. The van der Waals surface area contributed by atoms with E-state index in [1.807, 2.05) is 0 Å². The number of nitrogens with one attached hydrogen (secondary N) is 2. The Hall–Kier alpha value is -4.18. The molecule has 0 spiro atoms. The molecule has 4 aromatic rings. The Labute approximate surface area is 190 Å². The number of carbonyl (C=O) groups excluding carboxylic acids is 2. The van der Waals surface area contributed by atoms with Crippen LogP contribution >= 0.6 is 11.3 Å².